The van der Waals surface area contributed by atoms with Crippen LogP contribution in [-0.4, -0.2) is 52.0 Å². The molecule has 0 aromatic heterocycles. The van der Waals surface area contributed by atoms with Gasteiger partial charge in [-0.3, -0.25) is 14.6 Å². The lowest BCUT2D eigenvalue weighted by atomic mass is 9.95. The standard InChI is InChI=1S/C26H23F4N3O4S/c1-16(26(28,29)30)32(13-17-2-4-19(27)5-3-17)22(34)14-33-23(35)25(37-24(33)36)9-8-18-12-20(6-7-21(18)25)38-11-10-31-15-38/h2-7,10-12,15-16,38H,8-9,13-14H2,1H3/t16-,25+/m0/s1. The van der Waals surface area contributed by atoms with Crippen molar-refractivity contribution in [1.82, 2.24) is 9.80 Å². The molecule has 7 nitrogen and oxygen atoms in total. The molecule has 2 aliphatic heterocycles. The maximum absolute atomic E-state index is 13.6. The monoisotopic (exact) mass is 549 g/mol. The van der Waals surface area contributed by atoms with E-state index in [0.717, 1.165) is 29.5 Å². The van der Waals surface area contributed by atoms with Crippen molar-refractivity contribution in [3.05, 3.63) is 76.6 Å². The van der Waals surface area contributed by atoms with Gasteiger partial charge < -0.3 is 9.64 Å². The summed E-state index contributed by atoms with van der Waals surface area (Å²) in [4.78, 5) is 45.6. The van der Waals surface area contributed by atoms with Crippen LogP contribution in [0.1, 0.15) is 30.0 Å². The van der Waals surface area contributed by atoms with Crippen LogP contribution >= 0.6 is 10.9 Å². The largest absolute Gasteiger partial charge is 0.427 e. The summed E-state index contributed by atoms with van der Waals surface area (Å²) in [6.07, 6.45) is -3.51. The summed E-state index contributed by atoms with van der Waals surface area (Å²) in [6, 6.07) is 7.96. The van der Waals surface area contributed by atoms with Crippen molar-refractivity contribution in [3.8, 4) is 0 Å². The van der Waals surface area contributed by atoms with E-state index in [1.165, 1.54) is 12.1 Å². The van der Waals surface area contributed by atoms with Crippen molar-refractivity contribution in [1.29, 1.82) is 0 Å². The molecular formula is C26H23F4N3O4S. The second-order valence-electron chi connectivity index (χ2n) is 9.26. The number of hydrogen-bond donors (Lipinski definition) is 1. The highest BCUT2D eigenvalue weighted by Crippen LogP contribution is 2.48. The summed E-state index contributed by atoms with van der Waals surface area (Å²) in [7, 11) is -0.696. The second kappa shape index (κ2) is 9.57. The number of thiol groups is 1. The molecule has 1 aliphatic carbocycles. The molecule has 1 fully saturated rings. The van der Waals surface area contributed by atoms with Crippen LogP contribution in [-0.2, 0) is 32.9 Å². The lowest BCUT2D eigenvalue weighted by Gasteiger charge is -2.31. The number of hydrogen-bond acceptors (Lipinski definition) is 5. The van der Waals surface area contributed by atoms with E-state index in [4.69, 9.17) is 4.74 Å². The summed E-state index contributed by atoms with van der Waals surface area (Å²) in [6.45, 7) is -0.598. The van der Waals surface area contributed by atoms with Crippen molar-refractivity contribution < 1.29 is 36.7 Å². The summed E-state index contributed by atoms with van der Waals surface area (Å²) in [5, 5.41) is 1.98. The molecule has 2 aromatic rings. The molecule has 1 saturated heterocycles. The van der Waals surface area contributed by atoms with E-state index in [1.807, 2.05) is 23.1 Å². The molecule has 200 valence electrons. The van der Waals surface area contributed by atoms with Gasteiger partial charge in [0.25, 0.3) is 5.91 Å². The number of fused-ring (bicyclic) bond motifs is 2. The number of halogens is 4. The van der Waals surface area contributed by atoms with Gasteiger partial charge >= 0.3 is 12.3 Å². The topological polar surface area (TPSA) is 79.3 Å². The fourth-order valence-electron chi connectivity index (χ4n) is 4.84. The van der Waals surface area contributed by atoms with Crippen LogP contribution in [0, 0.1) is 5.82 Å². The zero-order valence-electron chi connectivity index (χ0n) is 20.1. The first-order valence-electron chi connectivity index (χ1n) is 11.8. The molecular weight excluding hydrogens is 526 g/mol. The highest BCUT2D eigenvalue weighted by molar-refractivity contribution is 8.31. The third-order valence-corrected chi connectivity index (χ3v) is 8.68. The van der Waals surface area contributed by atoms with Crippen LogP contribution < -0.4 is 0 Å². The highest BCUT2D eigenvalue weighted by atomic mass is 32.2. The molecule has 1 spiro atoms. The summed E-state index contributed by atoms with van der Waals surface area (Å²) in [5.41, 5.74) is 1.82. The van der Waals surface area contributed by atoms with Crippen LogP contribution in [0.25, 0.3) is 0 Å². The maximum atomic E-state index is 13.6. The molecule has 1 unspecified atom stereocenters. The van der Waals surface area contributed by atoms with Crippen LogP contribution in [0.4, 0.5) is 22.4 Å². The molecule has 0 N–H and O–H groups in total. The Balaban J connectivity index is 1.38. The minimum atomic E-state index is -4.77. The first-order valence-corrected chi connectivity index (χ1v) is 13.2. The van der Waals surface area contributed by atoms with Crippen LogP contribution in [0.15, 0.2) is 64.0 Å². The van der Waals surface area contributed by atoms with Gasteiger partial charge in [-0.25, -0.2) is 14.1 Å². The van der Waals surface area contributed by atoms with Crippen LogP contribution in [0.5, 0.6) is 0 Å². The second-order valence-corrected chi connectivity index (χ2v) is 11.1. The van der Waals surface area contributed by atoms with Crippen LogP contribution in [0.3, 0.4) is 0 Å². The molecule has 0 radical (unpaired) electrons. The van der Waals surface area contributed by atoms with E-state index in [-0.39, 0.29) is 12.0 Å². The summed E-state index contributed by atoms with van der Waals surface area (Å²) < 4.78 is 59.6. The number of amides is 3. The Hall–Kier alpha value is -3.67. The van der Waals surface area contributed by atoms with Gasteiger partial charge in [0.2, 0.25) is 11.5 Å². The van der Waals surface area contributed by atoms with Gasteiger partial charge in [-0.05, 0) is 59.0 Å². The Bertz CT molecular complexity index is 1350. The SMILES string of the molecule is C[C@H](N(Cc1ccc(F)cc1)C(=O)CN1C(=O)O[C@@]2(CCc3cc([SH]4C=CN=C4)ccc32)C1=O)C(F)(F)F. The minimum absolute atomic E-state index is 0.168. The fourth-order valence-corrected chi connectivity index (χ4v) is 6.22. The molecule has 38 heavy (non-hydrogen) atoms. The third-order valence-electron chi connectivity index (χ3n) is 6.97. The molecule has 5 rings (SSSR count). The van der Waals surface area contributed by atoms with Gasteiger partial charge in [0.1, 0.15) is 18.4 Å². The first-order chi connectivity index (χ1) is 18.0. The number of carbonyl (C=O) groups is 3. The number of benzene rings is 2. The van der Waals surface area contributed by atoms with E-state index in [1.54, 1.807) is 12.3 Å². The van der Waals surface area contributed by atoms with E-state index in [9.17, 15) is 31.9 Å². The zero-order valence-corrected chi connectivity index (χ0v) is 21.0. The average Bonchev–Trinajstić information content (AvgIpc) is 3.59. The number of rotatable bonds is 6. The van der Waals surface area contributed by atoms with Gasteiger partial charge in [-0.2, -0.15) is 24.1 Å². The van der Waals surface area contributed by atoms with E-state index >= 15 is 0 Å². The Kier molecular flexibility index (Phi) is 6.54. The highest BCUT2D eigenvalue weighted by Gasteiger charge is 2.58. The van der Waals surface area contributed by atoms with E-state index in [2.05, 4.69) is 4.99 Å². The third kappa shape index (κ3) is 4.57. The summed E-state index contributed by atoms with van der Waals surface area (Å²) in [5.74, 6) is -2.45. The van der Waals surface area contributed by atoms with Crippen molar-refractivity contribution >= 4 is 34.3 Å². The Morgan fingerprint density at radius 3 is 2.61 bits per heavy atom. The number of alkyl halides is 3. The molecule has 0 saturated carbocycles. The number of carbonyl (C=O) groups excluding carboxylic acids is 3. The number of aliphatic imine (C=N–C) groups is 1. The van der Waals surface area contributed by atoms with Gasteiger partial charge in [0.05, 0.1) is 0 Å². The fraction of sp³-hybridized carbons (Fsp3) is 0.308. The quantitative estimate of drug-likeness (QED) is 0.415. The molecule has 3 aliphatic rings. The predicted molar refractivity (Wildman–Crippen MR) is 132 cm³/mol. The molecule has 0 bridgehead atoms. The van der Waals surface area contributed by atoms with Crippen molar-refractivity contribution in [2.75, 3.05) is 6.54 Å². The Labute approximate surface area is 218 Å². The predicted octanol–water partition coefficient (Wildman–Crippen LogP) is 4.80. The maximum Gasteiger partial charge on any atom is 0.418 e. The van der Waals surface area contributed by atoms with Gasteiger partial charge in [0, 0.05) is 30.3 Å². The van der Waals surface area contributed by atoms with Crippen molar-refractivity contribution in [2.24, 2.45) is 4.99 Å². The molecule has 2 aromatic carbocycles. The normalized spacial score (nSPS) is 23.7. The average molecular weight is 550 g/mol. The summed E-state index contributed by atoms with van der Waals surface area (Å²) >= 11 is 0. The number of ether oxygens (including phenoxy) is 1. The zero-order chi connectivity index (χ0) is 27.2. The number of aryl methyl sites for hydroxylation is 1. The molecule has 3 amide bonds. The number of nitrogens with zero attached hydrogens (tertiary/aromatic N) is 3. The van der Waals surface area contributed by atoms with Gasteiger partial charge in [-0.15, -0.1) is 0 Å². The van der Waals surface area contributed by atoms with Crippen LogP contribution in [0.2, 0.25) is 0 Å². The lowest BCUT2D eigenvalue weighted by Crippen LogP contribution is -2.51. The smallest absolute Gasteiger partial charge is 0.418 e. The van der Waals surface area contributed by atoms with E-state index in [0.29, 0.717) is 21.8 Å². The minimum Gasteiger partial charge on any atom is -0.427 e. The Morgan fingerprint density at radius 1 is 1.21 bits per heavy atom. The van der Waals surface area contributed by atoms with E-state index < -0.39 is 65.5 Å². The lowest BCUT2D eigenvalue weighted by molar-refractivity contribution is -0.187. The van der Waals surface area contributed by atoms with Crippen molar-refractivity contribution in [2.45, 2.75) is 49.0 Å². The van der Waals surface area contributed by atoms with Gasteiger partial charge in [-0.1, -0.05) is 18.2 Å². The van der Waals surface area contributed by atoms with Gasteiger partial charge in [0.15, 0.2) is 0 Å². The van der Waals surface area contributed by atoms with Crippen molar-refractivity contribution in [3.63, 3.8) is 0 Å². The first kappa shape index (κ1) is 26.0. The number of imide groups is 1. The molecule has 2 heterocycles. The molecule has 3 atom stereocenters. The molecule has 12 heteroatoms. The Morgan fingerprint density at radius 2 is 1.95 bits per heavy atom.